The van der Waals surface area contributed by atoms with Crippen LogP contribution in [0.1, 0.15) is 32.6 Å². The van der Waals surface area contributed by atoms with Crippen molar-refractivity contribution in [2.75, 3.05) is 5.75 Å². The molecule has 0 saturated carbocycles. The Balaban J connectivity index is 1.66. The molecule has 4 aromatic rings. The molecule has 2 heterocycles. The number of aromatic amines is 1. The van der Waals surface area contributed by atoms with Crippen molar-refractivity contribution >= 4 is 34.4 Å². The number of aromatic nitrogens is 4. The molecule has 1 N–H and O–H groups in total. The van der Waals surface area contributed by atoms with Crippen molar-refractivity contribution in [3.05, 3.63) is 58.1 Å². The maximum atomic E-state index is 12.9. The van der Waals surface area contributed by atoms with E-state index in [-0.39, 0.29) is 5.78 Å². The largest absolute Gasteiger partial charge is 0.293 e. The van der Waals surface area contributed by atoms with Crippen molar-refractivity contribution in [2.45, 2.75) is 32.9 Å². The zero-order valence-electron chi connectivity index (χ0n) is 15.3. The van der Waals surface area contributed by atoms with E-state index < -0.39 is 0 Å². The highest BCUT2D eigenvalue weighted by molar-refractivity contribution is 7.99. The highest BCUT2D eigenvalue weighted by atomic mass is 32.2. The van der Waals surface area contributed by atoms with E-state index >= 15 is 0 Å². The number of imidazole rings is 1. The third-order valence-corrected chi connectivity index (χ3v) is 5.92. The fourth-order valence-corrected chi connectivity index (χ4v) is 4.21. The van der Waals surface area contributed by atoms with E-state index in [2.05, 4.69) is 35.1 Å². The number of rotatable bonds is 4. The summed E-state index contributed by atoms with van der Waals surface area (Å²) in [5.74, 6) is 1.18. The van der Waals surface area contributed by atoms with E-state index in [1.165, 1.54) is 11.8 Å². The van der Waals surface area contributed by atoms with Gasteiger partial charge in [0.1, 0.15) is 0 Å². The molecule has 0 amide bonds. The number of ketones is 1. The molecule has 5 nitrogen and oxygen atoms in total. The fraction of sp³-hybridized carbons (Fsp3) is 0.250. The van der Waals surface area contributed by atoms with Gasteiger partial charge < -0.3 is 0 Å². The number of hydrogen-bond acceptors (Lipinski definition) is 4. The number of para-hydroxylation sites is 2. The highest BCUT2D eigenvalue weighted by Crippen LogP contribution is 2.26. The van der Waals surface area contributed by atoms with Crippen LogP contribution in [0.25, 0.3) is 16.8 Å². The molecule has 0 atom stereocenters. The molecule has 0 aliphatic carbocycles. The van der Waals surface area contributed by atoms with Gasteiger partial charge in [0.25, 0.3) is 0 Å². The van der Waals surface area contributed by atoms with Gasteiger partial charge in [0.05, 0.1) is 16.8 Å². The molecule has 0 bridgehead atoms. The lowest BCUT2D eigenvalue weighted by atomic mass is 9.92. The maximum absolute atomic E-state index is 12.9. The van der Waals surface area contributed by atoms with Crippen molar-refractivity contribution in [1.82, 2.24) is 19.6 Å². The van der Waals surface area contributed by atoms with Crippen LogP contribution in [-0.4, -0.2) is 31.1 Å². The van der Waals surface area contributed by atoms with Crippen molar-refractivity contribution < 1.29 is 4.79 Å². The number of benzene rings is 2. The molecule has 0 spiro atoms. The minimum absolute atomic E-state index is 0.136. The Hall–Kier alpha value is -2.60. The number of thioether (sulfide) groups is 1. The average Bonchev–Trinajstić information content (AvgIpc) is 3.17. The summed E-state index contributed by atoms with van der Waals surface area (Å²) in [5, 5.41) is 8.04. The molecule has 0 fully saturated rings. The first-order valence-electron chi connectivity index (χ1n) is 8.52. The topological polar surface area (TPSA) is 63.0 Å². The molecular formula is C20H20N4OS. The Labute approximate surface area is 155 Å². The summed E-state index contributed by atoms with van der Waals surface area (Å²) < 4.78 is 1.97. The second kappa shape index (κ2) is 6.29. The molecule has 2 aromatic carbocycles. The van der Waals surface area contributed by atoms with E-state index in [0.29, 0.717) is 11.5 Å². The average molecular weight is 364 g/mol. The van der Waals surface area contributed by atoms with Gasteiger partial charge in [0.15, 0.2) is 10.9 Å². The fourth-order valence-electron chi connectivity index (χ4n) is 3.38. The number of Topliss-reactive ketones (excluding diaryl/α,β-unsaturated/α-hetero) is 1. The molecule has 0 aliphatic heterocycles. The number of fused-ring (bicyclic) bond motifs is 3. The van der Waals surface area contributed by atoms with Crippen molar-refractivity contribution in [1.29, 1.82) is 0 Å². The van der Waals surface area contributed by atoms with Gasteiger partial charge in [-0.2, -0.15) is 0 Å². The van der Waals surface area contributed by atoms with E-state index in [4.69, 9.17) is 0 Å². The van der Waals surface area contributed by atoms with Crippen LogP contribution in [-0.2, 0) is 0 Å². The van der Waals surface area contributed by atoms with Gasteiger partial charge in [-0.15, -0.1) is 5.10 Å². The molecule has 4 rings (SSSR count). The van der Waals surface area contributed by atoms with Crippen LogP contribution < -0.4 is 0 Å². The smallest absolute Gasteiger partial charge is 0.231 e. The Bertz CT molecular complexity index is 1130. The van der Waals surface area contributed by atoms with Crippen molar-refractivity contribution in [2.24, 2.45) is 0 Å². The van der Waals surface area contributed by atoms with Crippen LogP contribution in [0.3, 0.4) is 0 Å². The quantitative estimate of drug-likeness (QED) is 0.430. The number of carbonyl (C=O) groups excluding carboxylic acids is 1. The van der Waals surface area contributed by atoms with E-state index in [1.807, 2.05) is 42.5 Å². The van der Waals surface area contributed by atoms with Crippen LogP contribution in [0.15, 0.2) is 35.5 Å². The van der Waals surface area contributed by atoms with Crippen LogP contribution >= 0.6 is 11.8 Å². The summed E-state index contributed by atoms with van der Waals surface area (Å²) in [6.45, 7) is 8.16. The number of H-pyrrole nitrogens is 1. The monoisotopic (exact) mass is 364 g/mol. The van der Waals surface area contributed by atoms with E-state index in [0.717, 1.165) is 44.0 Å². The molecule has 132 valence electrons. The predicted octanol–water partition coefficient (Wildman–Crippen LogP) is 4.42. The number of nitrogens with zero attached hydrogens (tertiary/aromatic N) is 3. The lowest BCUT2D eigenvalue weighted by Gasteiger charge is -2.14. The first kappa shape index (κ1) is 16.8. The summed E-state index contributed by atoms with van der Waals surface area (Å²) in [6.07, 6.45) is 0. The second-order valence-electron chi connectivity index (χ2n) is 6.61. The van der Waals surface area contributed by atoms with Gasteiger partial charge in [0.2, 0.25) is 5.78 Å². The molecule has 0 aliphatic rings. The first-order chi connectivity index (χ1) is 12.5. The van der Waals surface area contributed by atoms with E-state index in [9.17, 15) is 4.79 Å². The van der Waals surface area contributed by atoms with Crippen LogP contribution in [0.5, 0.6) is 0 Å². The van der Waals surface area contributed by atoms with Gasteiger partial charge in [-0.05, 0) is 62.1 Å². The summed E-state index contributed by atoms with van der Waals surface area (Å²) >= 11 is 1.44. The predicted molar refractivity (Wildman–Crippen MR) is 105 cm³/mol. The minimum atomic E-state index is 0.136. The lowest BCUT2D eigenvalue weighted by molar-refractivity contribution is 0.102. The maximum Gasteiger partial charge on any atom is 0.231 e. The number of hydrogen-bond donors (Lipinski definition) is 1. The summed E-state index contributed by atoms with van der Waals surface area (Å²) in [7, 11) is 0. The van der Waals surface area contributed by atoms with E-state index in [1.54, 1.807) is 0 Å². The van der Waals surface area contributed by atoms with Crippen molar-refractivity contribution in [3.8, 4) is 0 Å². The molecule has 0 unspecified atom stereocenters. The van der Waals surface area contributed by atoms with Crippen LogP contribution in [0.4, 0.5) is 0 Å². The first-order valence-corrected chi connectivity index (χ1v) is 9.51. The van der Waals surface area contributed by atoms with Gasteiger partial charge in [-0.3, -0.25) is 9.20 Å². The third kappa shape index (κ3) is 2.61. The Morgan fingerprint density at radius 1 is 1.12 bits per heavy atom. The normalized spacial score (nSPS) is 11.5. The Morgan fingerprint density at radius 3 is 2.54 bits per heavy atom. The van der Waals surface area contributed by atoms with Gasteiger partial charge in [-0.25, -0.2) is 10.1 Å². The van der Waals surface area contributed by atoms with Gasteiger partial charge in [0, 0.05) is 5.56 Å². The Morgan fingerprint density at radius 2 is 1.81 bits per heavy atom. The highest BCUT2D eigenvalue weighted by Gasteiger charge is 2.18. The Kier molecular flexibility index (Phi) is 4.07. The number of carbonyl (C=O) groups is 1. The number of nitrogens with one attached hydrogen (secondary N) is 1. The third-order valence-electron chi connectivity index (χ3n) is 4.98. The molecule has 2 aromatic heterocycles. The lowest BCUT2D eigenvalue weighted by Crippen LogP contribution is -2.10. The zero-order valence-corrected chi connectivity index (χ0v) is 16.1. The van der Waals surface area contributed by atoms with Crippen molar-refractivity contribution in [3.63, 3.8) is 0 Å². The van der Waals surface area contributed by atoms with Crippen LogP contribution in [0.2, 0.25) is 0 Å². The van der Waals surface area contributed by atoms with Crippen LogP contribution in [0, 0.1) is 27.7 Å². The summed E-state index contributed by atoms with van der Waals surface area (Å²) in [6, 6.07) is 10.1. The molecular weight excluding hydrogens is 344 g/mol. The standard InChI is InChI=1S/C20H20N4OS/c1-11-9-12(2)14(4)18(13(11)3)17(25)10-26-20-23-22-19-21-15-7-5-6-8-16(15)24(19)20/h5-9H,10H2,1-4H3,(H,21,22). The molecule has 26 heavy (non-hydrogen) atoms. The minimum Gasteiger partial charge on any atom is -0.293 e. The number of aryl methyl sites for hydroxylation is 2. The summed E-state index contributed by atoms with van der Waals surface area (Å²) in [5.41, 5.74) is 7.20. The SMILES string of the molecule is Cc1cc(C)c(C)c(C(=O)CSc2n[nH]c3nc4ccccc4n23)c1C. The van der Waals surface area contributed by atoms with Gasteiger partial charge in [-0.1, -0.05) is 30.0 Å². The summed E-state index contributed by atoms with van der Waals surface area (Å²) in [4.78, 5) is 17.5. The zero-order chi connectivity index (χ0) is 18.4. The molecule has 0 saturated heterocycles. The molecule has 0 radical (unpaired) electrons. The molecule has 6 heteroatoms. The van der Waals surface area contributed by atoms with Gasteiger partial charge >= 0.3 is 0 Å². The second-order valence-corrected chi connectivity index (χ2v) is 7.56.